The molecule has 0 atom stereocenters. The third-order valence-electron chi connectivity index (χ3n) is 2.43. The number of nitrogens with zero attached hydrogens (tertiary/aromatic N) is 2. The topological polar surface area (TPSA) is 37.8 Å². The Balaban J connectivity index is 2.14. The number of aromatic nitrogens is 2. The van der Waals surface area contributed by atoms with Crippen molar-refractivity contribution in [3.05, 3.63) is 37.3 Å². The molecule has 0 aliphatic rings. The number of rotatable bonds is 3. The van der Waals surface area contributed by atoms with Gasteiger partial charge in [-0.25, -0.2) is 9.97 Å². The van der Waals surface area contributed by atoms with Crippen LogP contribution in [0.4, 0.5) is 5.82 Å². The molecular weight excluding hydrogens is 390 g/mol. The number of nitrogens with one attached hydrogen (secondary N) is 1. The minimum atomic E-state index is -0.0633. The van der Waals surface area contributed by atoms with Gasteiger partial charge in [-0.1, -0.05) is 20.8 Å². The molecule has 0 radical (unpaired) electrons. The molecule has 102 valence electrons. The van der Waals surface area contributed by atoms with Gasteiger partial charge in [-0.05, 0) is 37.9 Å². The second kappa shape index (κ2) is 5.89. The van der Waals surface area contributed by atoms with E-state index in [1.165, 1.54) is 4.88 Å². The molecular formula is C13H15Br2N3S. The standard InChI is InChI=1S/C13H15Br2N3S/c1-13(2,3)12-17-10(15)5-11(18-12)16-6-9-4-8(14)7-19-9/h4-5,7H,6H2,1-3H3,(H,16,17,18). The molecule has 2 rings (SSSR count). The van der Waals surface area contributed by atoms with Gasteiger partial charge in [0.2, 0.25) is 0 Å². The maximum atomic E-state index is 4.57. The van der Waals surface area contributed by atoms with Crippen molar-refractivity contribution in [3.63, 3.8) is 0 Å². The van der Waals surface area contributed by atoms with Crippen molar-refractivity contribution in [2.24, 2.45) is 0 Å². The summed E-state index contributed by atoms with van der Waals surface area (Å²) in [5, 5.41) is 5.41. The Kier molecular flexibility index (Phi) is 4.63. The van der Waals surface area contributed by atoms with Crippen LogP contribution in [0.2, 0.25) is 0 Å². The number of thiophene rings is 1. The normalized spacial score (nSPS) is 11.6. The average molecular weight is 405 g/mol. The molecule has 0 saturated carbocycles. The predicted octanol–water partition coefficient (Wildman–Crippen LogP) is 4.97. The molecule has 0 saturated heterocycles. The molecule has 0 aliphatic heterocycles. The summed E-state index contributed by atoms with van der Waals surface area (Å²) < 4.78 is 1.93. The summed E-state index contributed by atoms with van der Waals surface area (Å²) in [6, 6.07) is 4.01. The van der Waals surface area contributed by atoms with Crippen LogP contribution in [0.5, 0.6) is 0 Å². The lowest BCUT2D eigenvalue weighted by Gasteiger charge is -2.17. The molecule has 0 aromatic carbocycles. The zero-order valence-electron chi connectivity index (χ0n) is 11.0. The van der Waals surface area contributed by atoms with E-state index in [1.807, 2.05) is 6.07 Å². The smallest absolute Gasteiger partial charge is 0.137 e. The first-order chi connectivity index (χ1) is 8.84. The van der Waals surface area contributed by atoms with Gasteiger partial charge in [0, 0.05) is 26.2 Å². The van der Waals surface area contributed by atoms with E-state index in [1.54, 1.807) is 11.3 Å². The first-order valence-electron chi connectivity index (χ1n) is 5.86. The quantitative estimate of drug-likeness (QED) is 0.733. The summed E-state index contributed by atoms with van der Waals surface area (Å²) >= 11 is 8.62. The van der Waals surface area contributed by atoms with Gasteiger partial charge in [-0.3, -0.25) is 0 Å². The zero-order valence-corrected chi connectivity index (χ0v) is 15.0. The number of halogens is 2. The minimum absolute atomic E-state index is 0.0633. The van der Waals surface area contributed by atoms with Gasteiger partial charge >= 0.3 is 0 Å². The summed E-state index contributed by atoms with van der Waals surface area (Å²) in [7, 11) is 0. The van der Waals surface area contributed by atoms with Crippen molar-refractivity contribution in [2.75, 3.05) is 5.32 Å². The second-order valence-corrected chi connectivity index (χ2v) is 7.96. The van der Waals surface area contributed by atoms with Crippen LogP contribution >= 0.6 is 43.2 Å². The molecule has 2 heterocycles. The van der Waals surface area contributed by atoms with Crippen molar-refractivity contribution in [1.82, 2.24) is 9.97 Å². The molecule has 0 unspecified atom stereocenters. The molecule has 1 N–H and O–H groups in total. The summed E-state index contributed by atoms with van der Waals surface area (Å²) in [4.78, 5) is 10.3. The molecule has 0 amide bonds. The van der Waals surface area contributed by atoms with Gasteiger partial charge in [-0.2, -0.15) is 0 Å². The fraction of sp³-hybridized carbons (Fsp3) is 0.385. The van der Waals surface area contributed by atoms with Crippen molar-refractivity contribution in [3.8, 4) is 0 Å². The Bertz CT molecular complexity index is 576. The molecule has 0 aliphatic carbocycles. The predicted molar refractivity (Wildman–Crippen MR) is 87.8 cm³/mol. The molecule has 0 fully saturated rings. The fourth-order valence-corrected chi connectivity index (χ4v) is 3.24. The Morgan fingerprint density at radius 1 is 1.21 bits per heavy atom. The molecule has 0 bridgehead atoms. The van der Waals surface area contributed by atoms with Crippen molar-refractivity contribution >= 4 is 49.0 Å². The van der Waals surface area contributed by atoms with Crippen LogP contribution in [-0.2, 0) is 12.0 Å². The summed E-state index contributed by atoms with van der Waals surface area (Å²) in [6.07, 6.45) is 0. The SMILES string of the molecule is CC(C)(C)c1nc(Br)cc(NCc2cc(Br)cs2)n1. The van der Waals surface area contributed by atoms with E-state index in [0.29, 0.717) is 0 Å². The Labute approximate surface area is 134 Å². The largest absolute Gasteiger partial charge is 0.365 e. The van der Waals surface area contributed by atoms with E-state index in [4.69, 9.17) is 0 Å². The fourth-order valence-electron chi connectivity index (χ4n) is 1.47. The van der Waals surface area contributed by atoms with E-state index in [-0.39, 0.29) is 5.41 Å². The lowest BCUT2D eigenvalue weighted by atomic mass is 9.96. The van der Waals surface area contributed by atoms with Crippen LogP contribution in [0.3, 0.4) is 0 Å². The number of anilines is 1. The van der Waals surface area contributed by atoms with E-state index >= 15 is 0 Å². The molecule has 0 spiro atoms. The van der Waals surface area contributed by atoms with Gasteiger partial charge < -0.3 is 5.32 Å². The van der Waals surface area contributed by atoms with Crippen molar-refractivity contribution < 1.29 is 0 Å². The Morgan fingerprint density at radius 2 is 1.95 bits per heavy atom. The molecule has 6 heteroatoms. The number of hydrogen-bond acceptors (Lipinski definition) is 4. The van der Waals surface area contributed by atoms with E-state index in [0.717, 1.165) is 27.3 Å². The third kappa shape index (κ3) is 4.26. The molecule has 2 aromatic heterocycles. The highest BCUT2D eigenvalue weighted by Crippen LogP contribution is 2.24. The van der Waals surface area contributed by atoms with Crippen LogP contribution in [0.25, 0.3) is 0 Å². The van der Waals surface area contributed by atoms with Gasteiger partial charge in [-0.15, -0.1) is 11.3 Å². The highest BCUT2D eigenvalue weighted by molar-refractivity contribution is 9.10. The first-order valence-corrected chi connectivity index (χ1v) is 8.33. The number of hydrogen-bond donors (Lipinski definition) is 1. The van der Waals surface area contributed by atoms with Gasteiger partial charge in [0.1, 0.15) is 16.2 Å². The van der Waals surface area contributed by atoms with Crippen molar-refractivity contribution in [2.45, 2.75) is 32.7 Å². The van der Waals surface area contributed by atoms with E-state index in [2.05, 4.69) is 79.4 Å². The van der Waals surface area contributed by atoms with Crippen LogP contribution in [-0.4, -0.2) is 9.97 Å². The van der Waals surface area contributed by atoms with Crippen LogP contribution < -0.4 is 5.32 Å². The Hall–Kier alpha value is -0.460. The second-order valence-electron chi connectivity index (χ2n) is 5.23. The minimum Gasteiger partial charge on any atom is -0.365 e. The molecule has 2 aromatic rings. The van der Waals surface area contributed by atoms with E-state index < -0.39 is 0 Å². The van der Waals surface area contributed by atoms with Gasteiger partial charge in [0.15, 0.2) is 0 Å². The third-order valence-corrected chi connectivity index (χ3v) is 4.54. The van der Waals surface area contributed by atoms with Gasteiger partial charge in [0.25, 0.3) is 0 Å². The highest BCUT2D eigenvalue weighted by atomic mass is 79.9. The molecule has 19 heavy (non-hydrogen) atoms. The van der Waals surface area contributed by atoms with Crippen LogP contribution in [0.15, 0.2) is 26.6 Å². The summed E-state index contributed by atoms with van der Waals surface area (Å²) in [5.41, 5.74) is -0.0633. The summed E-state index contributed by atoms with van der Waals surface area (Å²) in [6.45, 7) is 7.09. The van der Waals surface area contributed by atoms with Crippen LogP contribution in [0, 0.1) is 0 Å². The highest BCUT2D eigenvalue weighted by Gasteiger charge is 2.18. The lowest BCUT2D eigenvalue weighted by molar-refractivity contribution is 0.544. The molecule has 3 nitrogen and oxygen atoms in total. The zero-order chi connectivity index (χ0) is 14.0. The summed E-state index contributed by atoms with van der Waals surface area (Å²) in [5.74, 6) is 1.67. The average Bonchev–Trinajstić information content (AvgIpc) is 2.71. The van der Waals surface area contributed by atoms with E-state index in [9.17, 15) is 0 Å². The lowest BCUT2D eigenvalue weighted by Crippen LogP contribution is -2.17. The maximum Gasteiger partial charge on any atom is 0.137 e. The first kappa shape index (κ1) is 14.9. The monoisotopic (exact) mass is 403 g/mol. The van der Waals surface area contributed by atoms with Crippen molar-refractivity contribution in [1.29, 1.82) is 0 Å². The van der Waals surface area contributed by atoms with Crippen LogP contribution in [0.1, 0.15) is 31.5 Å². The van der Waals surface area contributed by atoms with Gasteiger partial charge in [0.05, 0.1) is 6.54 Å². The Morgan fingerprint density at radius 3 is 2.53 bits per heavy atom. The maximum absolute atomic E-state index is 4.57.